The Bertz CT molecular complexity index is 5890. The maximum Gasteiger partial charge on any atom is -0.000762 e. The summed E-state index contributed by atoms with van der Waals surface area (Å²) in [5.41, 5.74) is 21.6. The van der Waals surface area contributed by atoms with Crippen molar-refractivity contribution in [1.82, 2.24) is 0 Å². The van der Waals surface area contributed by atoms with Gasteiger partial charge in [0.2, 0.25) is 0 Å². The van der Waals surface area contributed by atoms with Gasteiger partial charge in [-0.3, -0.25) is 0 Å². The maximum atomic E-state index is 2.54. The lowest BCUT2D eigenvalue weighted by molar-refractivity contribution is 0.554. The molecule has 2 unspecified atom stereocenters. The summed E-state index contributed by atoms with van der Waals surface area (Å²) >= 11 is 0. The molecule has 0 saturated carbocycles. The lowest BCUT2D eigenvalue weighted by Gasteiger charge is -2.22. The molecule has 0 heteroatoms. The molecule has 18 rings (SSSR count). The fraction of sp³-hybridized carbons (Fsp3) is 0.106. The van der Waals surface area contributed by atoms with Gasteiger partial charge < -0.3 is 0 Å². The summed E-state index contributed by atoms with van der Waals surface area (Å²) < 4.78 is 0. The second kappa shape index (κ2) is 17.6. The van der Waals surface area contributed by atoms with Crippen molar-refractivity contribution in [3.05, 3.63) is 300 Å². The molecule has 0 heterocycles. The van der Waals surface area contributed by atoms with Crippen molar-refractivity contribution in [2.45, 2.75) is 48.5 Å². The van der Waals surface area contributed by atoms with E-state index in [1.54, 1.807) is 0 Å². The second-order valence-corrected chi connectivity index (χ2v) is 25.4. The van der Waals surface area contributed by atoms with Crippen LogP contribution in [0.1, 0.15) is 47.2 Å². The summed E-state index contributed by atoms with van der Waals surface area (Å²) in [6.07, 6.45) is 7.39. The first-order valence-electron chi connectivity index (χ1n) is 30.5. The fourth-order valence-electron chi connectivity index (χ4n) is 15.8. The molecule has 0 nitrogen and oxygen atoms in total. The van der Waals surface area contributed by atoms with Crippen LogP contribution in [-0.4, -0.2) is 0 Å². The summed E-state index contributed by atoms with van der Waals surface area (Å²) in [5, 5.41) is 29.4. The Morgan fingerprint density at radius 1 is 0.247 bits per heavy atom. The number of hydrogen-bond acceptors (Lipinski definition) is 0. The van der Waals surface area contributed by atoms with Crippen LogP contribution in [0.25, 0.3) is 137 Å². The van der Waals surface area contributed by atoms with Crippen LogP contribution in [0.2, 0.25) is 0 Å². The maximum absolute atomic E-state index is 2.54. The average Bonchev–Trinajstić information content (AvgIpc) is 1.69. The van der Waals surface area contributed by atoms with Gasteiger partial charge in [0.05, 0.1) is 0 Å². The number of allylic oxidation sites excluding steroid dienone is 4. The van der Waals surface area contributed by atoms with Gasteiger partial charge in [-0.15, -0.1) is 0 Å². The molecule has 0 aliphatic heterocycles. The summed E-state index contributed by atoms with van der Waals surface area (Å²) in [7, 11) is 0. The van der Waals surface area contributed by atoms with E-state index in [1.165, 1.54) is 212 Å². The van der Waals surface area contributed by atoms with Gasteiger partial charge in [0.1, 0.15) is 0 Å². The van der Waals surface area contributed by atoms with E-state index >= 15 is 0 Å². The molecule has 15 aromatic rings. The van der Waals surface area contributed by atoms with E-state index in [0.29, 0.717) is 11.8 Å². The van der Waals surface area contributed by atoms with E-state index in [2.05, 4.69) is 273 Å². The quantitative estimate of drug-likeness (QED) is 0.115. The first-order chi connectivity index (χ1) is 41.5. The molecular formula is C85H60. The van der Waals surface area contributed by atoms with E-state index in [-0.39, 0.29) is 0 Å². The van der Waals surface area contributed by atoms with Crippen LogP contribution in [0.3, 0.4) is 0 Å². The molecule has 3 aliphatic rings. The van der Waals surface area contributed by atoms with Gasteiger partial charge in [0, 0.05) is 0 Å². The van der Waals surface area contributed by atoms with Gasteiger partial charge in [-0.2, -0.15) is 0 Å². The standard InChI is InChI=1S/C85H60/c1-45-8-19-52(20-9-45)70-43-72(54-23-12-47(3)13-24-54)82-66-38-34-62-58-30-31-59-63-35-39-67-81-69(85-75(57-29-18-50(6)51(7)42-57)71(53-21-10-46(2)11-22-53)44-73(83(67)85)55-25-14-48(4)15-26-55)41-37-65(79(63)81)61-33-32-60(76(58)77(59)61)64-36-40-68(80(66)78(62)64)84(82)74(70)56-27-16-49(5)17-28-56/h8-44,50-51H,1-7H3. The summed E-state index contributed by atoms with van der Waals surface area (Å²) in [5.74, 6) is 0.890. The van der Waals surface area contributed by atoms with Crippen molar-refractivity contribution in [1.29, 1.82) is 0 Å². The van der Waals surface area contributed by atoms with Gasteiger partial charge in [-0.05, 0) is 243 Å². The highest BCUT2D eigenvalue weighted by molar-refractivity contribution is 6.42. The second-order valence-electron chi connectivity index (χ2n) is 25.4. The molecule has 0 saturated heterocycles. The van der Waals surface area contributed by atoms with Crippen molar-refractivity contribution >= 4 is 81.0 Å². The molecule has 85 heavy (non-hydrogen) atoms. The lowest BCUT2D eigenvalue weighted by atomic mass is 9.82. The number of aryl methyl sites for hydroxylation is 5. The molecule has 0 amide bonds. The zero-order chi connectivity index (χ0) is 56.8. The van der Waals surface area contributed by atoms with Crippen LogP contribution in [0.5, 0.6) is 0 Å². The normalized spacial score (nSPS) is 15.0. The largest absolute Gasteiger partial charge is 0.0805 e. The molecule has 400 valence electrons. The Kier molecular flexibility index (Phi) is 10.1. The minimum atomic E-state index is 0.415. The number of rotatable bonds is 6. The van der Waals surface area contributed by atoms with Crippen molar-refractivity contribution in [3.8, 4) is 55.6 Å². The van der Waals surface area contributed by atoms with E-state index in [0.717, 1.165) is 0 Å². The fourth-order valence-corrected chi connectivity index (χ4v) is 15.8. The number of hydrogen-bond donors (Lipinski definition) is 0. The molecule has 0 spiro atoms. The molecule has 0 fully saturated rings. The third-order valence-corrected chi connectivity index (χ3v) is 20.3. The highest BCUT2D eigenvalue weighted by Gasteiger charge is 2.28. The summed E-state index contributed by atoms with van der Waals surface area (Å²) in [6.45, 7) is 15.7. The van der Waals surface area contributed by atoms with Crippen molar-refractivity contribution in [3.63, 3.8) is 0 Å². The van der Waals surface area contributed by atoms with E-state index in [1.807, 2.05) is 0 Å². The van der Waals surface area contributed by atoms with Gasteiger partial charge in [-0.25, -0.2) is 0 Å². The molecule has 0 radical (unpaired) electrons. The SMILES string of the molecule is Cc1ccc(-c2cc(-c3ccc(C)cc3)c3c(c2C2=CC(C)C(C)C=C2)=c2ccc4c5ccc6c7ccc8c9c(ccc(c%10ccc(c%11ccc=3c2c%114)c5c%106)c97)=c2c(-c3ccc(C)cc3)cc(-c3ccc(C)cc3)c(-c3ccc(C)cc3)c2=8)cc1. The first-order valence-corrected chi connectivity index (χ1v) is 30.5. The van der Waals surface area contributed by atoms with Crippen molar-refractivity contribution in [2.24, 2.45) is 11.8 Å². The van der Waals surface area contributed by atoms with Gasteiger partial charge in [0.15, 0.2) is 0 Å². The highest BCUT2D eigenvalue weighted by atomic mass is 14.3. The molecule has 0 N–H and O–H groups in total. The van der Waals surface area contributed by atoms with E-state index in [4.69, 9.17) is 0 Å². The van der Waals surface area contributed by atoms with Gasteiger partial charge in [0.25, 0.3) is 0 Å². The monoisotopic (exact) mass is 1080 g/mol. The molecule has 2 atom stereocenters. The van der Waals surface area contributed by atoms with Gasteiger partial charge in [-0.1, -0.05) is 254 Å². The molecule has 15 aromatic carbocycles. The van der Waals surface area contributed by atoms with Crippen molar-refractivity contribution in [2.75, 3.05) is 0 Å². The topological polar surface area (TPSA) is 0 Å². The molecule has 0 aromatic heterocycles. The molecular weight excluding hydrogens is 1020 g/mol. The first kappa shape index (κ1) is 48.6. The van der Waals surface area contributed by atoms with Crippen LogP contribution < -0.4 is 0 Å². The zero-order valence-electron chi connectivity index (χ0n) is 49.0. The summed E-state index contributed by atoms with van der Waals surface area (Å²) in [4.78, 5) is 0. The minimum Gasteiger partial charge on any atom is -0.0805 e. The molecule has 0 bridgehead atoms. The summed E-state index contributed by atoms with van der Waals surface area (Å²) in [6, 6.07) is 80.7. The van der Waals surface area contributed by atoms with Crippen LogP contribution in [0.4, 0.5) is 0 Å². The number of fused-ring (bicyclic) bond motifs is 6. The zero-order valence-corrected chi connectivity index (χ0v) is 49.0. The smallest absolute Gasteiger partial charge is 0.000762 e. The number of benzene rings is 15. The van der Waals surface area contributed by atoms with Crippen LogP contribution in [0, 0.1) is 88.2 Å². The average molecular weight is 1080 g/mol. The Morgan fingerprint density at radius 2 is 0.529 bits per heavy atom. The predicted octanol–water partition coefficient (Wildman–Crippen LogP) is 22.5. The third-order valence-electron chi connectivity index (χ3n) is 20.3. The van der Waals surface area contributed by atoms with Crippen LogP contribution in [-0.2, 0) is 0 Å². The third kappa shape index (κ3) is 6.74. The van der Waals surface area contributed by atoms with Crippen LogP contribution >= 0.6 is 0 Å². The van der Waals surface area contributed by atoms with Crippen molar-refractivity contribution < 1.29 is 0 Å². The molecule has 3 aliphatic carbocycles. The predicted molar refractivity (Wildman–Crippen MR) is 361 cm³/mol. The van der Waals surface area contributed by atoms with E-state index < -0.39 is 0 Å². The van der Waals surface area contributed by atoms with Crippen LogP contribution in [0.15, 0.2) is 224 Å². The minimum absolute atomic E-state index is 0.415. The van der Waals surface area contributed by atoms with Gasteiger partial charge >= 0.3 is 0 Å². The lowest BCUT2D eigenvalue weighted by Crippen LogP contribution is -2.07. The Labute approximate surface area is 493 Å². The Morgan fingerprint density at radius 3 is 0.882 bits per heavy atom. The Balaban J connectivity index is 0.963. The highest BCUT2D eigenvalue weighted by Crippen LogP contribution is 2.51. The Hall–Kier alpha value is -9.88. The van der Waals surface area contributed by atoms with E-state index in [9.17, 15) is 0 Å².